The molecule has 0 saturated carbocycles. The van der Waals surface area contributed by atoms with Crippen molar-refractivity contribution < 1.29 is 9.69 Å². The van der Waals surface area contributed by atoms with Crippen molar-refractivity contribution in [1.29, 1.82) is 0 Å². The Hall–Kier alpha value is -1.72. The molecule has 0 aromatic carbocycles. The van der Waals surface area contributed by atoms with Gasteiger partial charge in [-0.2, -0.15) is 0 Å². The van der Waals surface area contributed by atoms with Gasteiger partial charge in [0.05, 0.1) is 31.1 Å². The lowest BCUT2D eigenvalue weighted by Crippen LogP contribution is -3.13. The van der Waals surface area contributed by atoms with E-state index in [2.05, 4.69) is 17.1 Å². The predicted molar refractivity (Wildman–Crippen MR) is 78.9 cm³/mol. The van der Waals surface area contributed by atoms with E-state index < -0.39 is 0 Å². The van der Waals surface area contributed by atoms with Crippen molar-refractivity contribution in [2.75, 3.05) is 26.2 Å². The highest BCUT2D eigenvalue weighted by Crippen LogP contribution is 2.11. The average molecular weight is 288 g/mol. The molecule has 0 spiro atoms. The number of piperazine rings is 1. The number of amides is 1. The van der Waals surface area contributed by atoms with Crippen LogP contribution in [-0.4, -0.2) is 42.0 Å². The second-order valence-corrected chi connectivity index (χ2v) is 6.00. The number of quaternary nitrogens is 1. The lowest BCUT2D eigenvalue weighted by molar-refractivity contribution is -0.917. The van der Waals surface area contributed by atoms with Crippen molar-refractivity contribution in [2.24, 2.45) is 0 Å². The Labute approximate surface area is 122 Å². The van der Waals surface area contributed by atoms with E-state index in [4.69, 9.17) is 0 Å². The number of thiophene rings is 1. The van der Waals surface area contributed by atoms with Gasteiger partial charge >= 0.3 is 0 Å². The Kier molecular flexibility index (Phi) is 4.08. The summed E-state index contributed by atoms with van der Waals surface area (Å²) in [6.07, 6.45) is 3.68. The summed E-state index contributed by atoms with van der Waals surface area (Å²) in [7, 11) is 0. The topological polar surface area (TPSA) is 37.6 Å². The van der Waals surface area contributed by atoms with Gasteiger partial charge in [0.25, 0.3) is 5.91 Å². The minimum Gasteiger partial charge on any atom is -0.328 e. The van der Waals surface area contributed by atoms with E-state index in [0.29, 0.717) is 0 Å². The van der Waals surface area contributed by atoms with Gasteiger partial charge < -0.3 is 9.80 Å². The summed E-state index contributed by atoms with van der Waals surface area (Å²) >= 11 is 1.52. The van der Waals surface area contributed by atoms with Crippen LogP contribution in [0.25, 0.3) is 0 Å². The van der Waals surface area contributed by atoms with Crippen molar-refractivity contribution in [3.8, 4) is 0 Å². The summed E-state index contributed by atoms with van der Waals surface area (Å²) in [5.41, 5.74) is 1.31. The standard InChI is InChI=1S/C15H17N3OS/c19-15(14-2-1-11-20-14)18-9-7-17(8-10-18)12-13-3-5-16-6-4-13/h1-6,11H,7-10,12H2/p+1. The SMILES string of the molecule is O=C(c1cccs1)N1CC[NH+](Cc2ccncc2)CC1. The van der Waals surface area contributed by atoms with Crippen molar-refractivity contribution in [3.05, 3.63) is 52.5 Å². The Bertz CT molecular complexity index is 548. The molecule has 0 atom stereocenters. The van der Waals surface area contributed by atoms with Crippen LogP contribution < -0.4 is 4.90 Å². The molecule has 1 aliphatic rings. The van der Waals surface area contributed by atoms with Crippen LogP contribution in [0.4, 0.5) is 0 Å². The summed E-state index contributed by atoms with van der Waals surface area (Å²) in [6.45, 7) is 4.73. The van der Waals surface area contributed by atoms with Crippen molar-refractivity contribution >= 4 is 17.2 Å². The fraction of sp³-hybridized carbons (Fsp3) is 0.333. The maximum atomic E-state index is 12.2. The average Bonchev–Trinajstić information content (AvgIpc) is 3.03. The van der Waals surface area contributed by atoms with Crippen molar-refractivity contribution in [3.63, 3.8) is 0 Å². The first-order valence-corrected chi connectivity index (χ1v) is 7.76. The molecule has 0 aliphatic carbocycles. The Morgan fingerprint density at radius 3 is 2.65 bits per heavy atom. The number of rotatable bonds is 3. The normalized spacial score (nSPS) is 16.3. The maximum Gasteiger partial charge on any atom is 0.264 e. The van der Waals surface area contributed by atoms with Crippen molar-refractivity contribution in [1.82, 2.24) is 9.88 Å². The van der Waals surface area contributed by atoms with Gasteiger partial charge in [-0.05, 0) is 23.6 Å². The monoisotopic (exact) mass is 288 g/mol. The minimum atomic E-state index is 0.183. The van der Waals surface area contributed by atoms with E-state index in [-0.39, 0.29) is 5.91 Å². The zero-order chi connectivity index (χ0) is 13.8. The van der Waals surface area contributed by atoms with E-state index >= 15 is 0 Å². The smallest absolute Gasteiger partial charge is 0.264 e. The highest BCUT2D eigenvalue weighted by Gasteiger charge is 2.24. The largest absolute Gasteiger partial charge is 0.328 e. The molecule has 1 aliphatic heterocycles. The van der Waals surface area contributed by atoms with Gasteiger partial charge in [0.2, 0.25) is 0 Å². The van der Waals surface area contributed by atoms with Crippen LogP contribution >= 0.6 is 11.3 Å². The van der Waals surface area contributed by atoms with Gasteiger partial charge in [-0.15, -0.1) is 11.3 Å². The quantitative estimate of drug-likeness (QED) is 0.902. The van der Waals surface area contributed by atoms with E-state index in [1.807, 2.05) is 34.8 Å². The molecule has 1 saturated heterocycles. The zero-order valence-corrected chi connectivity index (χ0v) is 12.1. The minimum absolute atomic E-state index is 0.183. The number of aromatic nitrogens is 1. The third-order valence-corrected chi connectivity index (χ3v) is 4.55. The van der Waals surface area contributed by atoms with Crippen LogP contribution in [0.15, 0.2) is 42.0 Å². The molecule has 2 aromatic rings. The van der Waals surface area contributed by atoms with E-state index in [9.17, 15) is 4.79 Å². The van der Waals surface area contributed by atoms with Crippen LogP contribution in [0, 0.1) is 0 Å². The van der Waals surface area contributed by atoms with Gasteiger partial charge in [-0.1, -0.05) is 6.07 Å². The number of pyridine rings is 1. The molecule has 104 valence electrons. The number of hydrogen-bond acceptors (Lipinski definition) is 3. The fourth-order valence-corrected chi connectivity index (χ4v) is 3.24. The van der Waals surface area contributed by atoms with Crippen LogP contribution in [0.3, 0.4) is 0 Å². The van der Waals surface area contributed by atoms with Gasteiger partial charge in [-0.3, -0.25) is 9.78 Å². The van der Waals surface area contributed by atoms with E-state index in [1.165, 1.54) is 21.8 Å². The van der Waals surface area contributed by atoms with Gasteiger partial charge in [-0.25, -0.2) is 0 Å². The number of hydrogen-bond donors (Lipinski definition) is 1. The molecule has 4 nitrogen and oxygen atoms in total. The molecule has 0 radical (unpaired) electrons. The molecular weight excluding hydrogens is 270 g/mol. The van der Waals surface area contributed by atoms with Gasteiger partial charge in [0.1, 0.15) is 6.54 Å². The predicted octanol–water partition coefficient (Wildman–Crippen LogP) is 0.684. The molecule has 1 fully saturated rings. The first kappa shape index (κ1) is 13.3. The molecule has 0 unspecified atom stereocenters. The number of carbonyl (C=O) groups is 1. The highest BCUT2D eigenvalue weighted by molar-refractivity contribution is 7.12. The third-order valence-electron chi connectivity index (χ3n) is 3.69. The molecule has 0 bridgehead atoms. The summed E-state index contributed by atoms with van der Waals surface area (Å²) in [6, 6.07) is 7.97. The molecule has 1 N–H and O–H groups in total. The molecule has 5 heteroatoms. The molecular formula is C15H18N3OS+. The molecule has 2 aromatic heterocycles. The van der Waals surface area contributed by atoms with Crippen LogP contribution in [0.2, 0.25) is 0 Å². The Balaban J connectivity index is 1.53. The molecule has 3 heterocycles. The zero-order valence-electron chi connectivity index (χ0n) is 11.3. The lowest BCUT2D eigenvalue weighted by Gasteiger charge is -2.32. The molecule has 3 rings (SSSR count). The van der Waals surface area contributed by atoms with Crippen LogP contribution in [0.1, 0.15) is 15.2 Å². The Morgan fingerprint density at radius 2 is 2.00 bits per heavy atom. The second kappa shape index (κ2) is 6.15. The van der Waals surface area contributed by atoms with Crippen molar-refractivity contribution in [2.45, 2.75) is 6.54 Å². The van der Waals surface area contributed by atoms with E-state index in [0.717, 1.165) is 37.6 Å². The summed E-state index contributed by atoms with van der Waals surface area (Å²) in [4.78, 5) is 20.6. The van der Waals surface area contributed by atoms with E-state index in [1.54, 1.807) is 0 Å². The van der Waals surface area contributed by atoms with Gasteiger partial charge in [0, 0.05) is 18.0 Å². The number of nitrogens with one attached hydrogen (secondary N) is 1. The maximum absolute atomic E-state index is 12.2. The number of carbonyl (C=O) groups excluding carboxylic acids is 1. The van der Waals surface area contributed by atoms with Gasteiger partial charge in [0.15, 0.2) is 0 Å². The summed E-state index contributed by atoms with van der Waals surface area (Å²) in [5, 5.41) is 1.96. The van der Waals surface area contributed by atoms with Crippen LogP contribution in [0.5, 0.6) is 0 Å². The van der Waals surface area contributed by atoms with Crippen LogP contribution in [-0.2, 0) is 6.54 Å². The first-order chi connectivity index (χ1) is 9.83. The fourth-order valence-electron chi connectivity index (χ4n) is 2.55. The number of nitrogens with zero attached hydrogens (tertiary/aromatic N) is 2. The highest BCUT2D eigenvalue weighted by atomic mass is 32.1. The summed E-state index contributed by atoms with van der Waals surface area (Å²) in [5.74, 6) is 0.183. The second-order valence-electron chi connectivity index (χ2n) is 5.05. The molecule has 20 heavy (non-hydrogen) atoms. The first-order valence-electron chi connectivity index (χ1n) is 6.88. The third kappa shape index (κ3) is 3.05. The summed E-state index contributed by atoms with van der Waals surface area (Å²) < 4.78 is 0. The lowest BCUT2D eigenvalue weighted by atomic mass is 10.2. The Morgan fingerprint density at radius 1 is 1.25 bits per heavy atom. The molecule has 1 amide bonds.